The second kappa shape index (κ2) is 3.56. The summed E-state index contributed by atoms with van der Waals surface area (Å²) in [5.74, 6) is 0.621. The Bertz CT molecular complexity index is 462. The number of hydrogen-bond donors (Lipinski definition) is 1. The predicted molar refractivity (Wildman–Crippen MR) is 52.3 cm³/mol. The van der Waals surface area contributed by atoms with Gasteiger partial charge in [-0.3, -0.25) is 0 Å². The quantitative estimate of drug-likeness (QED) is 0.697. The molecule has 2 aromatic rings. The highest BCUT2D eigenvalue weighted by Crippen LogP contribution is 2.14. The molecule has 3 rings (SSSR count). The maximum absolute atomic E-state index is 5.39. The summed E-state index contributed by atoms with van der Waals surface area (Å²) in [6.07, 6.45) is 5.24. The molecule has 1 aliphatic rings. The molecule has 0 bridgehead atoms. The number of morpholine rings is 1. The number of nitrogens with one attached hydrogen (secondary N) is 1. The fraction of sp³-hybridized carbons (Fsp3) is 0.444. The zero-order valence-corrected chi connectivity index (χ0v) is 8.13. The Kier molecular flexibility index (Phi) is 2.08. The Labute approximate surface area is 86.3 Å². The lowest BCUT2D eigenvalue weighted by atomic mass is 10.1. The highest BCUT2D eigenvalue weighted by Gasteiger charge is 2.16. The Balaban J connectivity index is 1.95. The highest BCUT2D eigenvalue weighted by molar-refractivity contribution is 5.27. The number of hydrogen-bond acceptors (Lipinski definition) is 5. The van der Waals surface area contributed by atoms with Crippen LogP contribution in [0.5, 0.6) is 0 Å². The van der Waals surface area contributed by atoms with Gasteiger partial charge in [0, 0.05) is 24.5 Å². The van der Waals surface area contributed by atoms with Crippen molar-refractivity contribution in [1.82, 2.24) is 24.9 Å². The lowest BCUT2D eigenvalue weighted by Crippen LogP contribution is -2.34. The second-order valence-corrected chi connectivity index (χ2v) is 3.47. The summed E-state index contributed by atoms with van der Waals surface area (Å²) in [5, 5.41) is 7.41. The Hall–Kier alpha value is -1.53. The van der Waals surface area contributed by atoms with Crippen molar-refractivity contribution in [2.45, 2.75) is 6.04 Å². The van der Waals surface area contributed by atoms with E-state index in [1.807, 2.05) is 12.4 Å². The van der Waals surface area contributed by atoms with Gasteiger partial charge in [0.05, 0.1) is 19.3 Å². The SMILES string of the molecule is c1nc2ncc(C3COCCN3)cn2n1. The minimum Gasteiger partial charge on any atom is -0.378 e. The van der Waals surface area contributed by atoms with Crippen molar-refractivity contribution >= 4 is 5.78 Å². The van der Waals surface area contributed by atoms with E-state index in [0.717, 1.165) is 18.7 Å². The Morgan fingerprint density at radius 3 is 3.33 bits per heavy atom. The first-order chi connectivity index (χ1) is 7.43. The number of fused-ring (bicyclic) bond motifs is 1. The normalized spacial score (nSPS) is 22.0. The van der Waals surface area contributed by atoms with E-state index in [-0.39, 0.29) is 6.04 Å². The maximum atomic E-state index is 5.39. The molecule has 6 nitrogen and oxygen atoms in total. The largest absolute Gasteiger partial charge is 0.378 e. The van der Waals surface area contributed by atoms with Crippen LogP contribution in [0.1, 0.15) is 11.6 Å². The fourth-order valence-corrected chi connectivity index (χ4v) is 1.69. The van der Waals surface area contributed by atoms with E-state index < -0.39 is 0 Å². The minimum atomic E-state index is 0.208. The standard InChI is InChI=1S/C9H11N5O/c1-2-15-5-8(10-1)7-3-11-9-12-6-13-14(9)4-7/h3-4,6,8,10H,1-2,5H2. The molecule has 0 saturated carbocycles. The average molecular weight is 205 g/mol. The molecule has 78 valence electrons. The number of nitrogens with zero attached hydrogens (tertiary/aromatic N) is 4. The van der Waals surface area contributed by atoms with Gasteiger partial charge in [0.15, 0.2) is 0 Å². The van der Waals surface area contributed by atoms with Crippen molar-refractivity contribution in [2.75, 3.05) is 19.8 Å². The molecule has 1 unspecified atom stereocenters. The van der Waals surface area contributed by atoms with Crippen molar-refractivity contribution in [1.29, 1.82) is 0 Å². The monoisotopic (exact) mass is 205 g/mol. The minimum absolute atomic E-state index is 0.208. The Morgan fingerprint density at radius 1 is 1.47 bits per heavy atom. The molecule has 2 aromatic heterocycles. The van der Waals surface area contributed by atoms with E-state index >= 15 is 0 Å². The lowest BCUT2D eigenvalue weighted by molar-refractivity contribution is 0.0766. The van der Waals surface area contributed by atoms with Crippen LogP contribution in [0.25, 0.3) is 5.78 Å². The topological polar surface area (TPSA) is 64.3 Å². The number of ether oxygens (including phenoxy) is 1. The third-order valence-corrected chi connectivity index (χ3v) is 2.48. The highest BCUT2D eigenvalue weighted by atomic mass is 16.5. The summed E-state index contributed by atoms with van der Waals surface area (Å²) in [4.78, 5) is 8.20. The molecule has 0 aliphatic carbocycles. The van der Waals surface area contributed by atoms with Crippen molar-refractivity contribution in [3.63, 3.8) is 0 Å². The van der Waals surface area contributed by atoms with E-state index in [1.54, 1.807) is 4.52 Å². The van der Waals surface area contributed by atoms with E-state index in [4.69, 9.17) is 4.74 Å². The zero-order chi connectivity index (χ0) is 10.1. The van der Waals surface area contributed by atoms with Gasteiger partial charge in [-0.05, 0) is 0 Å². The molecule has 1 saturated heterocycles. The number of aromatic nitrogens is 4. The predicted octanol–water partition coefficient (Wildman–Crippen LogP) is -0.215. The van der Waals surface area contributed by atoms with Crippen molar-refractivity contribution in [3.8, 4) is 0 Å². The molecule has 6 heteroatoms. The van der Waals surface area contributed by atoms with Crippen LogP contribution in [-0.2, 0) is 4.74 Å². The molecule has 1 aliphatic heterocycles. The lowest BCUT2D eigenvalue weighted by Gasteiger charge is -2.23. The molecule has 1 atom stereocenters. The summed E-state index contributed by atoms with van der Waals surface area (Å²) in [5.41, 5.74) is 1.08. The van der Waals surface area contributed by atoms with Gasteiger partial charge in [0.1, 0.15) is 6.33 Å². The summed E-state index contributed by atoms with van der Waals surface area (Å²) < 4.78 is 7.07. The van der Waals surface area contributed by atoms with Gasteiger partial charge in [0.25, 0.3) is 5.78 Å². The van der Waals surface area contributed by atoms with Gasteiger partial charge < -0.3 is 10.1 Å². The van der Waals surface area contributed by atoms with Gasteiger partial charge in [-0.25, -0.2) is 9.50 Å². The molecule has 0 aromatic carbocycles. The Morgan fingerprint density at radius 2 is 2.47 bits per heavy atom. The average Bonchev–Trinajstić information content (AvgIpc) is 2.77. The van der Waals surface area contributed by atoms with Crippen LogP contribution in [0.2, 0.25) is 0 Å². The van der Waals surface area contributed by atoms with Crippen LogP contribution < -0.4 is 5.32 Å². The van der Waals surface area contributed by atoms with Crippen molar-refractivity contribution in [3.05, 3.63) is 24.3 Å². The van der Waals surface area contributed by atoms with Crippen LogP contribution in [-0.4, -0.2) is 39.3 Å². The number of rotatable bonds is 1. The van der Waals surface area contributed by atoms with Crippen LogP contribution >= 0.6 is 0 Å². The van der Waals surface area contributed by atoms with E-state index in [1.165, 1.54) is 6.33 Å². The molecule has 1 fully saturated rings. The first-order valence-corrected chi connectivity index (χ1v) is 4.90. The van der Waals surface area contributed by atoms with Crippen LogP contribution in [0.15, 0.2) is 18.7 Å². The zero-order valence-electron chi connectivity index (χ0n) is 8.13. The van der Waals surface area contributed by atoms with Crippen LogP contribution in [0.3, 0.4) is 0 Å². The van der Waals surface area contributed by atoms with Gasteiger partial charge in [-0.1, -0.05) is 0 Å². The van der Waals surface area contributed by atoms with Gasteiger partial charge in [-0.15, -0.1) is 0 Å². The molecular weight excluding hydrogens is 194 g/mol. The van der Waals surface area contributed by atoms with Crippen LogP contribution in [0.4, 0.5) is 0 Å². The van der Waals surface area contributed by atoms with Gasteiger partial charge >= 0.3 is 0 Å². The van der Waals surface area contributed by atoms with Crippen LogP contribution in [0, 0.1) is 0 Å². The molecule has 1 N–H and O–H groups in total. The van der Waals surface area contributed by atoms with Crippen molar-refractivity contribution < 1.29 is 4.74 Å². The summed E-state index contributed by atoms with van der Waals surface area (Å²) in [7, 11) is 0. The van der Waals surface area contributed by atoms with E-state index in [0.29, 0.717) is 12.4 Å². The first-order valence-electron chi connectivity index (χ1n) is 4.90. The summed E-state index contributed by atoms with van der Waals surface area (Å²) in [6.45, 7) is 2.33. The maximum Gasteiger partial charge on any atom is 0.252 e. The second-order valence-electron chi connectivity index (χ2n) is 3.47. The molecule has 15 heavy (non-hydrogen) atoms. The van der Waals surface area contributed by atoms with Crippen molar-refractivity contribution in [2.24, 2.45) is 0 Å². The summed E-state index contributed by atoms with van der Waals surface area (Å²) in [6, 6.07) is 0.208. The third kappa shape index (κ3) is 1.57. The molecule has 3 heterocycles. The smallest absolute Gasteiger partial charge is 0.252 e. The fourth-order valence-electron chi connectivity index (χ4n) is 1.69. The molecular formula is C9H11N5O. The summed E-state index contributed by atoms with van der Waals surface area (Å²) >= 11 is 0. The molecule has 0 amide bonds. The van der Waals surface area contributed by atoms with Gasteiger partial charge in [-0.2, -0.15) is 10.1 Å². The first kappa shape index (κ1) is 8.75. The molecule has 0 radical (unpaired) electrons. The van der Waals surface area contributed by atoms with E-state index in [2.05, 4.69) is 20.4 Å². The third-order valence-electron chi connectivity index (χ3n) is 2.48. The van der Waals surface area contributed by atoms with E-state index in [9.17, 15) is 0 Å². The molecule has 0 spiro atoms. The van der Waals surface area contributed by atoms with Gasteiger partial charge in [0.2, 0.25) is 0 Å².